The first-order chi connectivity index (χ1) is 13.4. The van der Waals surface area contributed by atoms with Gasteiger partial charge in [-0.25, -0.2) is 0 Å². The Kier molecular flexibility index (Phi) is 6.67. The lowest BCUT2D eigenvalue weighted by atomic mass is 9.95. The highest BCUT2D eigenvalue weighted by Gasteiger charge is 2.37. The minimum absolute atomic E-state index is 0.0236. The molecular weight excluding hydrogens is 356 g/mol. The zero-order valence-electron chi connectivity index (χ0n) is 16.7. The summed E-state index contributed by atoms with van der Waals surface area (Å²) in [6.45, 7) is 5.88. The summed E-state index contributed by atoms with van der Waals surface area (Å²) in [4.78, 5) is 40.0. The maximum Gasteiger partial charge on any atom is 0.242 e. The fraction of sp³-hybridized carbons (Fsp3) is 0.571. The van der Waals surface area contributed by atoms with Crippen molar-refractivity contribution in [3.05, 3.63) is 24.3 Å². The standard InChI is InChI=1S/C21H30N4O3/c1-15(26)22-18-7-9-19(10-8-18)23-21(28)20(17-5-3-4-6-17)25-13-11-24(12-14-25)16(2)27/h7-10,17,20H,3-6,11-14H2,1-2H3,(H,22,26)(H,23,28). The Labute approximate surface area is 166 Å². The zero-order chi connectivity index (χ0) is 20.1. The Hall–Kier alpha value is -2.41. The molecule has 0 bridgehead atoms. The third-order valence-electron chi connectivity index (χ3n) is 5.74. The van der Waals surface area contributed by atoms with Crippen LogP contribution >= 0.6 is 0 Å². The van der Waals surface area contributed by atoms with Crippen LogP contribution in [0, 0.1) is 5.92 Å². The molecule has 1 aliphatic carbocycles. The van der Waals surface area contributed by atoms with E-state index in [4.69, 9.17) is 0 Å². The average molecular weight is 386 g/mol. The normalized spacial score (nSPS) is 19.3. The van der Waals surface area contributed by atoms with E-state index in [2.05, 4.69) is 15.5 Å². The smallest absolute Gasteiger partial charge is 0.242 e. The van der Waals surface area contributed by atoms with E-state index in [0.29, 0.717) is 24.7 Å². The number of amides is 3. The molecule has 0 spiro atoms. The van der Waals surface area contributed by atoms with Gasteiger partial charge in [0, 0.05) is 51.4 Å². The number of nitrogens with one attached hydrogen (secondary N) is 2. The van der Waals surface area contributed by atoms with Crippen molar-refractivity contribution in [2.75, 3.05) is 36.8 Å². The van der Waals surface area contributed by atoms with Crippen molar-refractivity contribution in [1.82, 2.24) is 9.80 Å². The molecule has 1 atom stereocenters. The molecule has 2 N–H and O–H groups in total. The van der Waals surface area contributed by atoms with Gasteiger partial charge in [-0.15, -0.1) is 0 Å². The lowest BCUT2D eigenvalue weighted by Gasteiger charge is -2.40. The van der Waals surface area contributed by atoms with Crippen LogP contribution < -0.4 is 10.6 Å². The van der Waals surface area contributed by atoms with Crippen LogP contribution in [0.4, 0.5) is 11.4 Å². The number of benzene rings is 1. The van der Waals surface area contributed by atoms with Gasteiger partial charge in [0.2, 0.25) is 17.7 Å². The van der Waals surface area contributed by atoms with Crippen LogP contribution in [0.15, 0.2) is 24.3 Å². The molecule has 1 aromatic rings. The third-order valence-corrected chi connectivity index (χ3v) is 5.74. The summed E-state index contributed by atoms with van der Waals surface area (Å²) >= 11 is 0. The lowest BCUT2D eigenvalue weighted by molar-refractivity contribution is -0.132. The minimum Gasteiger partial charge on any atom is -0.340 e. The Balaban J connectivity index is 1.67. The van der Waals surface area contributed by atoms with Crippen molar-refractivity contribution in [2.45, 2.75) is 45.6 Å². The van der Waals surface area contributed by atoms with Gasteiger partial charge in [0.05, 0.1) is 6.04 Å². The molecule has 1 saturated heterocycles. The molecule has 0 aromatic heterocycles. The number of piperazine rings is 1. The van der Waals surface area contributed by atoms with Gasteiger partial charge in [-0.1, -0.05) is 12.8 Å². The highest BCUT2D eigenvalue weighted by Crippen LogP contribution is 2.31. The van der Waals surface area contributed by atoms with Crippen molar-refractivity contribution in [1.29, 1.82) is 0 Å². The van der Waals surface area contributed by atoms with Gasteiger partial charge < -0.3 is 15.5 Å². The van der Waals surface area contributed by atoms with Gasteiger partial charge in [-0.3, -0.25) is 19.3 Å². The molecule has 7 nitrogen and oxygen atoms in total. The Morgan fingerprint density at radius 1 is 0.893 bits per heavy atom. The maximum atomic E-state index is 13.2. The van der Waals surface area contributed by atoms with E-state index in [1.54, 1.807) is 19.1 Å². The molecule has 1 aromatic carbocycles. The van der Waals surface area contributed by atoms with Crippen LogP contribution in [0.3, 0.4) is 0 Å². The van der Waals surface area contributed by atoms with Crippen molar-refractivity contribution in [3.63, 3.8) is 0 Å². The second-order valence-corrected chi connectivity index (χ2v) is 7.78. The molecular formula is C21H30N4O3. The molecule has 0 radical (unpaired) electrons. The molecule has 1 aliphatic heterocycles. The molecule has 28 heavy (non-hydrogen) atoms. The maximum absolute atomic E-state index is 13.2. The van der Waals surface area contributed by atoms with Gasteiger partial charge in [0.15, 0.2) is 0 Å². The molecule has 7 heteroatoms. The zero-order valence-corrected chi connectivity index (χ0v) is 16.7. The first kappa shape index (κ1) is 20.3. The number of rotatable bonds is 5. The summed E-state index contributed by atoms with van der Waals surface area (Å²) in [6, 6.07) is 7.03. The quantitative estimate of drug-likeness (QED) is 0.814. The molecule has 152 valence electrons. The monoisotopic (exact) mass is 386 g/mol. The fourth-order valence-corrected chi connectivity index (χ4v) is 4.32. The molecule has 2 fully saturated rings. The minimum atomic E-state index is -0.161. The average Bonchev–Trinajstić information content (AvgIpc) is 3.18. The third kappa shape index (κ3) is 5.10. The summed E-state index contributed by atoms with van der Waals surface area (Å²) < 4.78 is 0. The highest BCUT2D eigenvalue weighted by molar-refractivity contribution is 5.95. The molecule has 1 unspecified atom stereocenters. The van der Waals surface area contributed by atoms with E-state index < -0.39 is 0 Å². The Bertz CT molecular complexity index is 705. The largest absolute Gasteiger partial charge is 0.340 e. The Morgan fingerprint density at radius 3 is 1.93 bits per heavy atom. The van der Waals surface area contributed by atoms with E-state index in [9.17, 15) is 14.4 Å². The highest BCUT2D eigenvalue weighted by atomic mass is 16.2. The Morgan fingerprint density at radius 2 is 1.43 bits per heavy atom. The van der Waals surface area contributed by atoms with Gasteiger partial charge in [0.25, 0.3) is 0 Å². The SMILES string of the molecule is CC(=O)Nc1ccc(NC(=O)C(C2CCCC2)N2CCN(C(C)=O)CC2)cc1. The van der Waals surface area contributed by atoms with E-state index in [-0.39, 0.29) is 23.8 Å². The van der Waals surface area contributed by atoms with Gasteiger partial charge in [-0.05, 0) is 43.0 Å². The van der Waals surface area contributed by atoms with Crippen LogP contribution in [-0.4, -0.2) is 59.7 Å². The van der Waals surface area contributed by atoms with Crippen molar-refractivity contribution in [2.24, 2.45) is 5.92 Å². The van der Waals surface area contributed by atoms with Crippen molar-refractivity contribution < 1.29 is 14.4 Å². The first-order valence-corrected chi connectivity index (χ1v) is 10.1. The second kappa shape index (κ2) is 9.19. The van der Waals surface area contributed by atoms with Crippen LogP contribution in [0.1, 0.15) is 39.5 Å². The van der Waals surface area contributed by atoms with Crippen LogP contribution in [0.25, 0.3) is 0 Å². The molecule has 3 amide bonds. The first-order valence-electron chi connectivity index (χ1n) is 10.1. The molecule has 1 saturated carbocycles. The van der Waals surface area contributed by atoms with E-state index >= 15 is 0 Å². The number of carbonyl (C=O) groups excluding carboxylic acids is 3. The van der Waals surface area contributed by atoms with E-state index in [1.165, 1.54) is 19.8 Å². The van der Waals surface area contributed by atoms with Crippen LogP contribution in [-0.2, 0) is 14.4 Å². The summed E-state index contributed by atoms with van der Waals surface area (Å²) in [6.07, 6.45) is 4.50. The van der Waals surface area contributed by atoms with Crippen LogP contribution in [0.2, 0.25) is 0 Å². The lowest BCUT2D eigenvalue weighted by Crippen LogP contribution is -2.56. The topological polar surface area (TPSA) is 81.8 Å². The summed E-state index contributed by atoms with van der Waals surface area (Å²) in [5.41, 5.74) is 1.43. The fourth-order valence-electron chi connectivity index (χ4n) is 4.32. The van der Waals surface area contributed by atoms with Gasteiger partial charge in [0.1, 0.15) is 0 Å². The second-order valence-electron chi connectivity index (χ2n) is 7.78. The van der Waals surface area contributed by atoms with Crippen molar-refractivity contribution >= 4 is 29.1 Å². The number of anilines is 2. The van der Waals surface area contributed by atoms with Gasteiger partial charge in [-0.2, -0.15) is 0 Å². The summed E-state index contributed by atoms with van der Waals surface area (Å²) in [5, 5.41) is 5.78. The predicted molar refractivity (Wildman–Crippen MR) is 109 cm³/mol. The van der Waals surface area contributed by atoms with Gasteiger partial charge >= 0.3 is 0 Å². The number of hydrogen-bond acceptors (Lipinski definition) is 4. The van der Waals surface area contributed by atoms with Crippen LogP contribution in [0.5, 0.6) is 0 Å². The number of hydrogen-bond donors (Lipinski definition) is 2. The number of carbonyl (C=O) groups is 3. The number of nitrogens with zero attached hydrogens (tertiary/aromatic N) is 2. The molecule has 3 rings (SSSR count). The predicted octanol–water partition coefficient (Wildman–Crippen LogP) is 2.31. The summed E-state index contributed by atoms with van der Waals surface area (Å²) in [7, 11) is 0. The van der Waals surface area contributed by atoms with E-state index in [1.807, 2.05) is 17.0 Å². The molecule has 2 aliphatic rings. The molecule has 1 heterocycles. The summed E-state index contributed by atoms with van der Waals surface area (Å²) in [5.74, 6) is 0.363. The van der Waals surface area contributed by atoms with E-state index in [0.717, 1.165) is 31.6 Å². The van der Waals surface area contributed by atoms with Crippen molar-refractivity contribution in [3.8, 4) is 0 Å².